The molecule has 0 bridgehead atoms. The first-order valence-corrected chi connectivity index (χ1v) is 9.81. The van der Waals surface area contributed by atoms with E-state index in [0.717, 1.165) is 0 Å². The Morgan fingerprint density at radius 3 is 2.50 bits per heavy atom. The van der Waals surface area contributed by atoms with Crippen LogP contribution in [0.3, 0.4) is 0 Å². The summed E-state index contributed by atoms with van der Waals surface area (Å²) in [6.45, 7) is 0.355. The smallest absolute Gasteiger partial charge is 0.332 e. The number of hydrogen-bond donors (Lipinski definition) is 2. The van der Waals surface area contributed by atoms with Gasteiger partial charge in [-0.25, -0.2) is 9.69 Å². The number of benzene rings is 2. The van der Waals surface area contributed by atoms with E-state index < -0.39 is 18.1 Å². The lowest BCUT2D eigenvalue weighted by atomic mass is 9.97. The van der Waals surface area contributed by atoms with Crippen molar-refractivity contribution < 1.29 is 24.2 Å². The van der Waals surface area contributed by atoms with E-state index in [1.165, 1.54) is 4.90 Å². The summed E-state index contributed by atoms with van der Waals surface area (Å²) in [4.78, 5) is 40.9. The molecule has 0 spiro atoms. The van der Waals surface area contributed by atoms with E-state index in [0.29, 0.717) is 36.4 Å². The zero-order valence-electron chi connectivity index (χ0n) is 16.5. The number of nitrogens with zero attached hydrogens (tertiary/aromatic N) is 2. The number of hydrogen-bond acceptors (Lipinski definition) is 5. The molecule has 4 rings (SSSR count). The van der Waals surface area contributed by atoms with E-state index in [4.69, 9.17) is 4.74 Å². The van der Waals surface area contributed by atoms with Crippen LogP contribution in [0.5, 0.6) is 5.75 Å². The van der Waals surface area contributed by atoms with Crippen LogP contribution in [0.25, 0.3) is 0 Å². The number of methoxy groups -OCH3 is 1. The Bertz CT molecular complexity index is 947. The molecule has 2 aromatic carbocycles. The van der Waals surface area contributed by atoms with Gasteiger partial charge in [0, 0.05) is 12.6 Å². The fourth-order valence-electron chi connectivity index (χ4n) is 3.97. The second-order valence-electron chi connectivity index (χ2n) is 7.41. The van der Waals surface area contributed by atoms with Crippen molar-refractivity contribution in [3.63, 3.8) is 0 Å². The third-order valence-corrected chi connectivity index (χ3v) is 5.59. The molecule has 2 saturated heterocycles. The number of amides is 4. The average molecular weight is 409 g/mol. The van der Waals surface area contributed by atoms with Crippen molar-refractivity contribution in [3.8, 4) is 5.75 Å². The number of urea groups is 1. The summed E-state index contributed by atoms with van der Waals surface area (Å²) >= 11 is 0. The Morgan fingerprint density at radius 2 is 1.83 bits per heavy atom. The fraction of sp³-hybridized carbons (Fsp3) is 0.318. The highest BCUT2D eigenvalue weighted by atomic mass is 16.5. The number of nitrogens with one attached hydrogen (secondary N) is 1. The highest BCUT2D eigenvalue weighted by molar-refractivity contribution is 6.21. The van der Waals surface area contributed by atoms with Gasteiger partial charge in [0.1, 0.15) is 11.8 Å². The van der Waals surface area contributed by atoms with Crippen LogP contribution in [-0.2, 0) is 9.59 Å². The third kappa shape index (κ3) is 3.61. The van der Waals surface area contributed by atoms with E-state index >= 15 is 0 Å². The molecular formula is C22H23N3O5. The molecule has 0 aliphatic carbocycles. The molecule has 2 aliphatic heterocycles. The molecule has 2 N–H and O–H groups in total. The van der Waals surface area contributed by atoms with Gasteiger partial charge in [0.2, 0.25) is 0 Å². The van der Waals surface area contributed by atoms with Gasteiger partial charge in [-0.15, -0.1) is 0 Å². The lowest BCUT2D eigenvalue weighted by Gasteiger charge is -2.33. The molecule has 0 unspecified atom stereocenters. The molecule has 0 saturated carbocycles. The Balaban J connectivity index is 1.44. The van der Waals surface area contributed by atoms with Gasteiger partial charge in [-0.05, 0) is 42.7 Å². The van der Waals surface area contributed by atoms with E-state index in [9.17, 15) is 19.5 Å². The molecule has 3 atom stereocenters. The molecule has 8 nitrogen and oxygen atoms in total. The van der Waals surface area contributed by atoms with Crippen molar-refractivity contribution in [3.05, 3.63) is 60.2 Å². The summed E-state index contributed by atoms with van der Waals surface area (Å²) < 4.78 is 5.12. The lowest BCUT2D eigenvalue weighted by Crippen LogP contribution is -2.50. The third-order valence-electron chi connectivity index (χ3n) is 5.59. The summed E-state index contributed by atoms with van der Waals surface area (Å²) in [5.41, 5.74) is 0.991. The van der Waals surface area contributed by atoms with E-state index in [-0.39, 0.29) is 18.0 Å². The fourth-order valence-corrected chi connectivity index (χ4v) is 3.97. The van der Waals surface area contributed by atoms with E-state index in [1.807, 2.05) is 0 Å². The molecule has 2 aromatic rings. The number of aliphatic hydroxyl groups is 1. The van der Waals surface area contributed by atoms with Crippen molar-refractivity contribution in [1.82, 2.24) is 10.2 Å². The van der Waals surface area contributed by atoms with Crippen LogP contribution < -0.4 is 15.0 Å². The van der Waals surface area contributed by atoms with E-state index in [2.05, 4.69) is 5.32 Å². The van der Waals surface area contributed by atoms with Crippen LogP contribution in [0, 0.1) is 0 Å². The van der Waals surface area contributed by atoms with Crippen LogP contribution in [0.4, 0.5) is 10.5 Å². The molecular weight excluding hydrogens is 386 g/mol. The zero-order chi connectivity index (χ0) is 21.3. The number of rotatable bonds is 5. The molecule has 4 amide bonds. The number of imide groups is 1. The number of aliphatic hydroxyl groups excluding tert-OH is 1. The topological polar surface area (TPSA) is 99.2 Å². The largest absolute Gasteiger partial charge is 0.497 e. The minimum absolute atomic E-state index is 0.301. The van der Waals surface area contributed by atoms with Crippen LogP contribution in [-0.4, -0.2) is 53.6 Å². The highest BCUT2D eigenvalue weighted by Crippen LogP contribution is 2.31. The average Bonchev–Trinajstić information content (AvgIpc) is 3.03. The number of fused-ring (bicyclic) bond motifs is 1. The molecule has 2 heterocycles. The Morgan fingerprint density at radius 1 is 1.13 bits per heavy atom. The summed E-state index contributed by atoms with van der Waals surface area (Å²) in [5, 5.41) is 13.1. The first kappa shape index (κ1) is 19.9. The molecule has 30 heavy (non-hydrogen) atoms. The highest BCUT2D eigenvalue weighted by Gasteiger charge is 2.48. The maximum Gasteiger partial charge on any atom is 0.332 e. The Labute approximate surface area is 174 Å². The monoisotopic (exact) mass is 409 g/mol. The molecule has 2 fully saturated rings. The Hall–Kier alpha value is -3.39. The van der Waals surface area contributed by atoms with Crippen LogP contribution in [0.15, 0.2) is 54.6 Å². The summed E-state index contributed by atoms with van der Waals surface area (Å²) in [6.07, 6.45) is -0.454. The molecule has 2 aliphatic rings. The predicted molar refractivity (Wildman–Crippen MR) is 109 cm³/mol. The first-order chi connectivity index (χ1) is 14.5. The number of ether oxygens (including phenoxy) is 1. The van der Waals surface area contributed by atoms with Crippen LogP contribution in [0.1, 0.15) is 24.5 Å². The minimum Gasteiger partial charge on any atom is -0.497 e. The molecule has 156 valence electrons. The molecule has 0 radical (unpaired) electrons. The van der Waals surface area contributed by atoms with Gasteiger partial charge in [-0.2, -0.15) is 0 Å². The second kappa shape index (κ2) is 8.16. The van der Waals surface area contributed by atoms with Gasteiger partial charge in [0.15, 0.2) is 6.10 Å². The number of anilines is 1. The van der Waals surface area contributed by atoms with Crippen molar-refractivity contribution in [2.75, 3.05) is 18.6 Å². The summed E-state index contributed by atoms with van der Waals surface area (Å²) in [7, 11) is 1.55. The molecule has 0 aromatic heterocycles. The summed E-state index contributed by atoms with van der Waals surface area (Å²) in [6, 6.07) is 14.1. The van der Waals surface area contributed by atoms with E-state index in [1.54, 1.807) is 66.6 Å². The van der Waals surface area contributed by atoms with Gasteiger partial charge < -0.3 is 20.1 Å². The maximum atomic E-state index is 13.0. The predicted octanol–water partition coefficient (Wildman–Crippen LogP) is 1.84. The van der Waals surface area contributed by atoms with Crippen molar-refractivity contribution in [2.24, 2.45) is 0 Å². The maximum absolute atomic E-state index is 13.0. The number of carbonyl (C=O) groups excluding carboxylic acids is 3. The quantitative estimate of drug-likeness (QED) is 0.735. The van der Waals surface area contributed by atoms with Gasteiger partial charge in [-0.3, -0.25) is 9.59 Å². The van der Waals surface area contributed by atoms with Crippen molar-refractivity contribution in [2.45, 2.75) is 31.0 Å². The first-order valence-electron chi connectivity index (χ1n) is 9.81. The standard InChI is InChI=1S/C22H23N3O5/c1-30-17-9-7-16(8-10-17)25-21(28)18-13-15(11-12-24(18)22(25)29)23-20(27)19(26)14-5-3-2-4-6-14/h2-10,15,18-19,26H,11-13H2,1H3,(H,23,27)/t15-,18-,19-/m0/s1. The van der Waals surface area contributed by atoms with Crippen LogP contribution in [0.2, 0.25) is 0 Å². The number of carbonyl (C=O) groups is 3. The normalized spacial score (nSPS) is 21.9. The minimum atomic E-state index is -1.28. The number of piperidine rings is 1. The molecule has 8 heteroatoms. The Kier molecular flexibility index (Phi) is 5.41. The van der Waals surface area contributed by atoms with Gasteiger partial charge >= 0.3 is 6.03 Å². The van der Waals surface area contributed by atoms with Gasteiger partial charge in [-0.1, -0.05) is 30.3 Å². The van der Waals surface area contributed by atoms with Crippen molar-refractivity contribution in [1.29, 1.82) is 0 Å². The SMILES string of the molecule is COc1ccc(N2C(=O)[C@@H]3C[C@@H](NC(=O)[C@@H](O)c4ccccc4)CCN3C2=O)cc1. The second-order valence-corrected chi connectivity index (χ2v) is 7.41. The van der Waals surface area contributed by atoms with Crippen molar-refractivity contribution >= 4 is 23.5 Å². The zero-order valence-corrected chi connectivity index (χ0v) is 16.5. The van der Waals surface area contributed by atoms with Crippen LogP contribution >= 0.6 is 0 Å². The summed E-state index contributed by atoms with van der Waals surface area (Å²) in [5.74, 6) is -0.188. The van der Waals surface area contributed by atoms with Gasteiger partial charge in [0.25, 0.3) is 11.8 Å². The lowest BCUT2D eigenvalue weighted by molar-refractivity contribution is -0.131. The van der Waals surface area contributed by atoms with Gasteiger partial charge in [0.05, 0.1) is 12.8 Å².